The molecule has 0 spiro atoms. The second-order valence-electron chi connectivity index (χ2n) is 4.92. The normalized spacial score (nSPS) is 28.2. The molecule has 1 amide bonds. The zero-order valence-corrected chi connectivity index (χ0v) is 10.3. The van der Waals surface area contributed by atoms with Gasteiger partial charge in [-0.25, -0.2) is 0 Å². The monoisotopic (exact) mass is 243 g/mol. The molecule has 0 aromatic heterocycles. The second-order valence-corrected chi connectivity index (χ2v) is 4.92. The first-order valence-electron chi connectivity index (χ1n) is 6.13. The van der Waals surface area contributed by atoms with Gasteiger partial charge in [-0.15, -0.1) is 0 Å². The summed E-state index contributed by atoms with van der Waals surface area (Å²) in [6.45, 7) is 3.39. The van der Waals surface area contributed by atoms with Crippen LogP contribution in [0.1, 0.15) is 39.5 Å². The molecule has 98 valence electrons. The first-order valence-corrected chi connectivity index (χ1v) is 6.13. The fourth-order valence-corrected chi connectivity index (χ4v) is 2.07. The van der Waals surface area contributed by atoms with Crippen LogP contribution in [0.5, 0.6) is 0 Å². The van der Waals surface area contributed by atoms with Crippen LogP contribution in [0, 0.1) is 11.8 Å². The van der Waals surface area contributed by atoms with Crippen LogP contribution in [0.4, 0.5) is 0 Å². The van der Waals surface area contributed by atoms with E-state index in [4.69, 9.17) is 5.11 Å². The molecule has 2 unspecified atom stereocenters. The number of aliphatic hydroxyl groups is 1. The topological polar surface area (TPSA) is 86.6 Å². The van der Waals surface area contributed by atoms with E-state index in [1.165, 1.54) is 0 Å². The zero-order valence-electron chi connectivity index (χ0n) is 10.3. The third-order valence-corrected chi connectivity index (χ3v) is 3.54. The van der Waals surface area contributed by atoms with Gasteiger partial charge in [-0.3, -0.25) is 9.59 Å². The van der Waals surface area contributed by atoms with E-state index >= 15 is 0 Å². The van der Waals surface area contributed by atoms with Gasteiger partial charge in [0.1, 0.15) is 0 Å². The number of carboxylic acid groups (broad SMARTS) is 1. The molecule has 0 saturated heterocycles. The van der Waals surface area contributed by atoms with Gasteiger partial charge in [0.2, 0.25) is 5.91 Å². The van der Waals surface area contributed by atoms with Crippen molar-refractivity contribution in [1.29, 1.82) is 0 Å². The molecule has 1 aliphatic carbocycles. The molecule has 0 aromatic rings. The van der Waals surface area contributed by atoms with Gasteiger partial charge in [-0.1, -0.05) is 0 Å². The van der Waals surface area contributed by atoms with Crippen molar-refractivity contribution in [2.75, 3.05) is 0 Å². The lowest BCUT2D eigenvalue weighted by Crippen LogP contribution is -2.43. The molecule has 0 bridgehead atoms. The predicted octanol–water partition coefficient (Wildman–Crippen LogP) is 0.763. The summed E-state index contributed by atoms with van der Waals surface area (Å²) in [5.74, 6) is -1.23. The smallest absolute Gasteiger partial charge is 0.306 e. The van der Waals surface area contributed by atoms with Gasteiger partial charge in [0.15, 0.2) is 0 Å². The number of aliphatic carboxylic acids is 1. The van der Waals surface area contributed by atoms with Crippen molar-refractivity contribution in [3.8, 4) is 0 Å². The number of nitrogens with one attached hydrogen (secondary N) is 1. The van der Waals surface area contributed by atoms with Crippen LogP contribution in [0.25, 0.3) is 0 Å². The molecule has 1 fully saturated rings. The van der Waals surface area contributed by atoms with Crippen molar-refractivity contribution < 1.29 is 19.8 Å². The highest BCUT2D eigenvalue weighted by molar-refractivity contribution is 5.79. The van der Waals surface area contributed by atoms with Crippen molar-refractivity contribution in [3.05, 3.63) is 0 Å². The summed E-state index contributed by atoms with van der Waals surface area (Å²) in [4.78, 5) is 22.6. The van der Waals surface area contributed by atoms with E-state index < -0.39 is 12.1 Å². The molecule has 2 atom stereocenters. The maximum Gasteiger partial charge on any atom is 0.306 e. The average molecular weight is 243 g/mol. The zero-order chi connectivity index (χ0) is 13.0. The number of carbonyl (C=O) groups excluding carboxylic acids is 1. The van der Waals surface area contributed by atoms with E-state index in [1.54, 1.807) is 13.8 Å². The van der Waals surface area contributed by atoms with Crippen LogP contribution in [0.15, 0.2) is 0 Å². The number of carboxylic acids is 1. The summed E-state index contributed by atoms with van der Waals surface area (Å²) in [5.41, 5.74) is 0. The quantitative estimate of drug-likeness (QED) is 0.680. The molecular weight excluding hydrogens is 222 g/mol. The standard InChI is InChI=1S/C12H21NO4/c1-7(8(2)14)13-11(15)9-3-5-10(6-4-9)12(16)17/h7-10,14H,3-6H2,1-2H3,(H,13,15)(H,16,17). The average Bonchev–Trinajstić information content (AvgIpc) is 2.28. The number of hydrogen-bond acceptors (Lipinski definition) is 3. The number of hydrogen-bond donors (Lipinski definition) is 3. The fourth-order valence-electron chi connectivity index (χ4n) is 2.07. The summed E-state index contributed by atoms with van der Waals surface area (Å²) in [6, 6.07) is -0.264. The molecule has 5 nitrogen and oxygen atoms in total. The Hall–Kier alpha value is -1.10. The van der Waals surface area contributed by atoms with Crippen molar-refractivity contribution in [2.45, 2.75) is 51.7 Å². The molecule has 3 N–H and O–H groups in total. The SMILES string of the molecule is CC(O)C(C)NC(=O)C1CCC(C(=O)O)CC1. The van der Waals surface area contributed by atoms with E-state index in [0.717, 1.165) is 0 Å². The molecule has 1 aliphatic rings. The first-order chi connectivity index (χ1) is 7.91. The third-order valence-electron chi connectivity index (χ3n) is 3.54. The molecular formula is C12H21NO4. The van der Waals surface area contributed by atoms with Crippen LogP contribution in [0.3, 0.4) is 0 Å². The van der Waals surface area contributed by atoms with Crippen molar-refractivity contribution in [1.82, 2.24) is 5.32 Å². The molecule has 1 rings (SSSR count). The van der Waals surface area contributed by atoms with E-state index in [1.807, 2.05) is 0 Å². The Morgan fingerprint density at radius 3 is 2.00 bits per heavy atom. The molecule has 0 aliphatic heterocycles. The summed E-state index contributed by atoms with van der Waals surface area (Å²) in [7, 11) is 0. The molecule has 0 heterocycles. The maximum atomic E-state index is 11.8. The second kappa shape index (κ2) is 6.00. The predicted molar refractivity (Wildman–Crippen MR) is 62.4 cm³/mol. The van der Waals surface area contributed by atoms with E-state index in [0.29, 0.717) is 25.7 Å². The lowest BCUT2D eigenvalue weighted by atomic mass is 9.81. The van der Waals surface area contributed by atoms with Crippen molar-refractivity contribution >= 4 is 11.9 Å². The minimum Gasteiger partial charge on any atom is -0.481 e. The van der Waals surface area contributed by atoms with Crippen LogP contribution < -0.4 is 5.32 Å². The first kappa shape index (κ1) is 14.0. The Labute approximate surface area is 101 Å². The van der Waals surface area contributed by atoms with Gasteiger partial charge >= 0.3 is 5.97 Å². The van der Waals surface area contributed by atoms with Gasteiger partial charge in [0, 0.05) is 5.92 Å². The van der Waals surface area contributed by atoms with Gasteiger partial charge in [-0.2, -0.15) is 0 Å². The molecule has 1 saturated carbocycles. The Morgan fingerprint density at radius 1 is 1.12 bits per heavy atom. The van der Waals surface area contributed by atoms with Crippen LogP contribution in [-0.4, -0.2) is 34.2 Å². The van der Waals surface area contributed by atoms with Crippen LogP contribution in [0.2, 0.25) is 0 Å². The minimum absolute atomic E-state index is 0.0674. The van der Waals surface area contributed by atoms with Gasteiger partial charge in [0.05, 0.1) is 18.1 Å². The number of carbonyl (C=O) groups is 2. The van der Waals surface area contributed by atoms with Crippen LogP contribution in [-0.2, 0) is 9.59 Å². The lowest BCUT2D eigenvalue weighted by Gasteiger charge is -2.27. The van der Waals surface area contributed by atoms with Gasteiger partial charge < -0.3 is 15.5 Å². The summed E-state index contributed by atoms with van der Waals surface area (Å²) < 4.78 is 0. The number of amides is 1. The third kappa shape index (κ3) is 4.00. The maximum absolute atomic E-state index is 11.8. The molecule has 0 aromatic carbocycles. The lowest BCUT2D eigenvalue weighted by molar-refractivity contribution is -0.144. The Morgan fingerprint density at radius 2 is 1.59 bits per heavy atom. The molecule has 0 radical (unpaired) electrons. The summed E-state index contributed by atoms with van der Waals surface area (Å²) in [5, 5.41) is 20.9. The molecule has 5 heteroatoms. The summed E-state index contributed by atoms with van der Waals surface area (Å²) >= 11 is 0. The van der Waals surface area contributed by atoms with E-state index in [2.05, 4.69) is 5.32 Å². The molecule has 17 heavy (non-hydrogen) atoms. The van der Waals surface area contributed by atoms with E-state index in [-0.39, 0.29) is 23.8 Å². The highest BCUT2D eigenvalue weighted by Crippen LogP contribution is 2.29. The highest BCUT2D eigenvalue weighted by atomic mass is 16.4. The van der Waals surface area contributed by atoms with Crippen LogP contribution >= 0.6 is 0 Å². The van der Waals surface area contributed by atoms with Crippen molar-refractivity contribution in [2.24, 2.45) is 11.8 Å². The van der Waals surface area contributed by atoms with Gasteiger partial charge in [0.25, 0.3) is 0 Å². The fraction of sp³-hybridized carbons (Fsp3) is 0.833. The van der Waals surface area contributed by atoms with Gasteiger partial charge in [-0.05, 0) is 39.5 Å². The Kier molecular flexibility index (Phi) is 4.93. The highest BCUT2D eigenvalue weighted by Gasteiger charge is 2.30. The van der Waals surface area contributed by atoms with Crippen molar-refractivity contribution in [3.63, 3.8) is 0 Å². The minimum atomic E-state index is -0.763. The van der Waals surface area contributed by atoms with E-state index in [9.17, 15) is 14.7 Å². The Bertz CT molecular complexity index is 282. The summed E-state index contributed by atoms with van der Waals surface area (Å²) in [6.07, 6.45) is 1.80. The number of aliphatic hydroxyl groups excluding tert-OH is 1. The largest absolute Gasteiger partial charge is 0.481 e. The Balaban J connectivity index is 2.38. The number of rotatable bonds is 4.